The Morgan fingerprint density at radius 1 is 1.44 bits per heavy atom. The number of hydrogen-bond acceptors (Lipinski definition) is 5. The van der Waals surface area contributed by atoms with Crippen LogP contribution in [-0.2, 0) is 9.47 Å². The van der Waals surface area contributed by atoms with Gasteiger partial charge in [0.2, 0.25) is 6.35 Å². The second-order valence-electron chi connectivity index (χ2n) is 4.31. The minimum absolute atomic E-state index is 0.290. The molecule has 2 rings (SSSR count). The van der Waals surface area contributed by atoms with Gasteiger partial charge in [-0.2, -0.15) is 0 Å². The maximum Gasteiger partial charge on any atom is 0.227 e. The van der Waals surface area contributed by atoms with Crippen LogP contribution in [0.4, 0.5) is 0 Å². The molecule has 0 spiro atoms. The molecule has 0 saturated carbocycles. The van der Waals surface area contributed by atoms with Crippen LogP contribution >= 0.6 is 0 Å². The molecule has 2 atom stereocenters. The molecular formula is C13H19N3O2. The van der Waals surface area contributed by atoms with E-state index in [2.05, 4.69) is 28.6 Å². The molecule has 0 aromatic rings. The topological polar surface area (TPSA) is 54.9 Å². The molecule has 0 saturated heterocycles. The van der Waals surface area contributed by atoms with Crippen molar-refractivity contribution in [3.05, 3.63) is 35.4 Å². The summed E-state index contributed by atoms with van der Waals surface area (Å²) in [5.41, 5.74) is 2.09. The highest BCUT2D eigenvalue weighted by molar-refractivity contribution is 6.01. The zero-order chi connectivity index (χ0) is 13.1. The Hall–Kier alpha value is -1.75. The number of methoxy groups -OCH3 is 2. The molecule has 0 aromatic carbocycles. The van der Waals surface area contributed by atoms with E-state index in [9.17, 15) is 0 Å². The predicted molar refractivity (Wildman–Crippen MR) is 70.6 cm³/mol. The molecule has 0 aromatic heterocycles. The predicted octanol–water partition coefficient (Wildman–Crippen LogP) is 1.48. The third-order valence-corrected chi connectivity index (χ3v) is 2.99. The lowest BCUT2D eigenvalue weighted by molar-refractivity contribution is 0.0977. The van der Waals surface area contributed by atoms with Crippen molar-refractivity contribution in [1.29, 1.82) is 0 Å². The van der Waals surface area contributed by atoms with Crippen molar-refractivity contribution in [3.63, 3.8) is 0 Å². The zero-order valence-corrected chi connectivity index (χ0v) is 11.2. The second-order valence-corrected chi connectivity index (χ2v) is 4.31. The van der Waals surface area contributed by atoms with Crippen LogP contribution in [0.3, 0.4) is 0 Å². The Balaban J connectivity index is 2.19. The van der Waals surface area contributed by atoms with Gasteiger partial charge in [0.05, 0.1) is 18.6 Å². The van der Waals surface area contributed by atoms with E-state index in [1.165, 1.54) is 0 Å². The van der Waals surface area contributed by atoms with Crippen LogP contribution in [0.25, 0.3) is 0 Å². The lowest BCUT2D eigenvalue weighted by atomic mass is 10.0. The number of nitrogens with one attached hydrogen (secondary N) is 2. The lowest BCUT2D eigenvalue weighted by Crippen LogP contribution is -2.33. The number of hydrogen-bond donors (Lipinski definition) is 2. The number of nitrogens with zero attached hydrogens (tertiary/aromatic N) is 1. The van der Waals surface area contributed by atoms with Gasteiger partial charge in [-0.15, -0.1) is 0 Å². The standard InChI is InChI=1S/C13H19N3O2/c1-8-7-11-12(16-13(15-11)18-4)14-10(8)6-5-9(2)17-3/h5-8,13,15H,1-4H3,(H,14,16)/b9-5+,10-6+. The molecule has 5 heteroatoms. The Morgan fingerprint density at radius 3 is 2.89 bits per heavy atom. The first-order valence-corrected chi connectivity index (χ1v) is 5.93. The van der Waals surface area contributed by atoms with E-state index in [4.69, 9.17) is 9.47 Å². The fourth-order valence-electron chi connectivity index (χ4n) is 1.82. The Labute approximate surface area is 107 Å². The van der Waals surface area contributed by atoms with Gasteiger partial charge in [-0.3, -0.25) is 0 Å². The molecule has 2 aliphatic rings. The maximum atomic E-state index is 5.16. The molecule has 5 nitrogen and oxygen atoms in total. The summed E-state index contributed by atoms with van der Waals surface area (Å²) in [6, 6.07) is 0. The third kappa shape index (κ3) is 2.56. The van der Waals surface area contributed by atoms with E-state index in [-0.39, 0.29) is 6.35 Å². The highest BCUT2D eigenvalue weighted by Gasteiger charge is 2.27. The van der Waals surface area contributed by atoms with E-state index in [0.717, 1.165) is 23.0 Å². The van der Waals surface area contributed by atoms with E-state index in [1.807, 2.05) is 19.1 Å². The Kier molecular flexibility index (Phi) is 3.72. The van der Waals surface area contributed by atoms with Crippen LogP contribution in [-0.4, -0.2) is 26.4 Å². The summed E-state index contributed by atoms with van der Waals surface area (Å²) in [5.74, 6) is 1.99. The number of amidine groups is 1. The minimum Gasteiger partial charge on any atom is -0.501 e. The number of allylic oxidation sites excluding steroid dienone is 4. The summed E-state index contributed by atoms with van der Waals surface area (Å²) in [5, 5.41) is 6.48. The maximum absolute atomic E-state index is 5.16. The Bertz CT molecular complexity index is 449. The van der Waals surface area contributed by atoms with Crippen molar-refractivity contribution in [2.24, 2.45) is 10.9 Å². The number of fused-ring (bicyclic) bond motifs is 1. The van der Waals surface area contributed by atoms with Crippen molar-refractivity contribution in [1.82, 2.24) is 10.6 Å². The van der Waals surface area contributed by atoms with Gasteiger partial charge in [0.25, 0.3) is 0 Å². The summed E-state index contributed by atoms with van der Waals surface area (Å²) in [4.78, 5) is 4.37. The molecule has 2 unspecified atom stereocenters. The monoisotopic (exact) mass is 249 g/mol. The highest BCUT2D eigenvalue weighted by atomic mass is 16.5. The van der Waals surface area contributed by atoms with E-state index < -0.39 is 0 Å². The first-order valence-electron chi connectivity index (χ1n) is 5.93. The molecule has 0 fully saturated rings. The zero-order valence-electron chi connectivity index (χ0n) is 11.2. The number of rotatable bonds is 3. The molecule has 0 bridgehead atoms. The average molecular weight is 249 g/mol. The Morgan fingerprint density at radius 2 is 2.22 bits per heavy atom. The van der Waals surface area contributed by atoms with Crippen molar-refractivity contribution >= 4 is 5.84 Å². The first-order chi connectivity index (χ1) is 8.63. The lowest BCUT2D eigenvalue weighted by Gasteiger charge is -2.21. The van der Waals surface area contributed by atoms with E-state index in [1.54, 1.807) is 14.2 Å². The fourth-order valence-corrected chi connectivity index (χ4v) is 1.82. The van der Waals surface area contributed by atoms with Gasteiger partial charge in [-0.25, -0.2) is 4.99 Å². The van der Waals surface area contributed by atoms with E-state index >= 15 is 0 Å². The van der Waals surface area contributed by atoms with Crippen LogP contribution in [0.5, 0.6) is 0 Å². The summed E-state index contributed by atoms with van der Waals surface area (Å²) >= 11 is 0. The van der Waals surface area contributed by atoms with Crippen LogP contribution < -0.4 is 10.6 Å². The summed E-state index contributed by atoms with van der Waals surface area (Å²) < 4.78 is 10.3. The number of ether oxygens (including phenoxy) is 2. The molecule has 2 N–H and O–H groups in total. The molecule has 2 aliphatic heterocycles. The second kappa shape index (κ2) is 5.27. The summed E-state index contributed by atoms with van der Waals surface area (Å²) in [7, 11) is 3.29. The summed E-state index contributed by atoms with van der Waals surface area (Å²) in [6.45, 7) is 4.04. The third-order valence-electron chi connectivity index (χ3n) is 2.99. The minimum atomic E-state index is -0.290. The van der Waals surface area contributed by atoms with Gasteiger partial charge >= 0.3 is 0 Å². The van der Waals surface area contributed by atoms with Gasteiger partial charge in [0.15, 0.2) is 5.84 Å². The van der Waals surface area contributed by atoms with E-state index in [0.29, 0.717) is 5.92 Å². The van der Waals surface area contributed by atoms with Crippen LogP contribution in [0.2, 0.25) is 0 Å². The van der Waals surface area contributed by atoms with Crippen LogP contribution in [0.15, 0.2) is 40.4 Å². The van der Waals surface area contributed by atoms with Crippen molar-refractivity contribution in [2.45, 2.75) is 20.2 Å². The highest BCUT2D eigenvalue weighted by Crippen LogP contribution is 2.21. The average Bonchev–Trinajstić information content (AvgIpc) is 2.77. The van der Waals surface area contributed by atoms with Gasteiger partial charge in [-0.05, 0) is 25.2 Å². The SMILES string of the molecule is CO/C(C)=C/C=C1/NC2=NC(OC)NC2=CC1C. The van der Waals surface area contributed by atoms with Crippen LogP contribution in [0.1, 0.15) is 13.8 Å². The molecule has 18 heavy (non-hydrogen) atoms. The van der Waals surface area contributed by atoms with Crippen molar-refractivity contribution < 1.29 is 9.47 Å². The number of aliphatic imine (C=N–C) groups is 1. The molecule has 0 radical (unpaired) electrons. The van der Waals surface area contributed by atoms with Gasteiger partial charge in [0.1, 0.15) is 0 Å². The fraction of sp³-hybridized carbons (Fsp3) is 0.462. The molecule has 2 heterocycles. The normalized spacial score (nSPS) is 29.1. The van der Waals surface area contributed by atoms with Crippen molar-refractivity contribution in [2.75, 3.05) is 14.2 Å². The first kappa shape index (κ1) is 12.7. The smallest absolute Gasteiger partial charge is 0.227 e. The molecular weight excluding hydrogens is 230 g/mol. The van der Waals surface area contributed by atoms with Gasteiger partial charge < -0.3 is 20.1 Å². The van der Waals surface area contributed by atoms with Gasteiger partial charge in [0, 0.05) is 18.7 Å². The molecule has 0 aliphatic carbocycles. The van der Waals surface area contributed by atoms with Gasteiger partial charge in [-0.1, -0.05) is 6.92 Å². The quantitative estimate of drug-likeness (QED) is 0.744. The summed E-state index contributed by atoms with van der Waals surface area (Å²) in [6.07, 6.45) is 5.80. The largest absolute Gasteiger partial charge is 0.501 e. The van der Waals surface area contributed by atoms with Crippen molar-refractivity contribution in [3.8, 4) is 0 Å². The van der Waals surface area contributed by atoms with Crippen LogP contribution in [0, 0.1) is 5.92 Å². The molecule has 98 valence electrons. The molecule has 0 amide bonds.